The fourth-order valence-electron chi connectivity index (χ4n) is 3.16. The molecule has 1 heterocycles. The van der Waals surface area contributed by atoms with Gasteiger partial charge in [-0.05, 0) is 0 Å². The van der Waals surface area contributed by atoms with Crippen molar-refractivity contribution in [1.29, 1.82) is 0 Å². The van der Waals surface area contributed by atoms with Crippen molar-refractivity contribution >= 4 is 19.2 Å². The summed E-state index contributed by atoms with van der Waals surface area (Å²) < 4.78 is 15.6. The molecule has 2 rings (SSSR count). The summed E-state index contributed by atoms with van der Waals surface area (Å²) in [6, 6.07) is 0. The number of rotatable bonds is 6. The Morgan fingerprint density at radius 1 is 1.00 bits per heavy atom. The summed E-state index contributed by atoms with van der Waals surface area (Å²) in [6.07, 6.45) is 13.4. The van der Waals surface area contributed by atoms with Gasteiger partial charge in [-0.15, -0.1) is 0 Å². The SMILES string of the molecule is CCC[CH2][Sn]1([CH2]CCC)[O]CC2(CC=CCC2)C[O]1. The Kier molecular flexibility index (Phi) is 6.22. The Balaban J connectivity index is 1.93. The normalized spacial score (nSPS) is 24.7. The number of unbranched alkanes of at least 4 members (excludes halogenated alkanes) is 2. The van der Waals surface area contributed by atoms with Gasteiger partial charge in [0, 0.05) is 0 Å². The summed E-state index contributed by atoms with van der Waals surface area (Å²) in [5.41, 5.74) is 0.327. The van der Waals surface area contributed by atoms with Crippen molar-refractivity contribution in [3.63, 3.8) is 0 Å². The van der Waals surface area contributed by atoms with Gasteiger partial charge in [0.2, 0.25) is 0 Å². The molecule has 1 saturated heterocycles. The van der Waals surface area contributed by atoms with Crippen LogP contribution in [0.1, 0.15) is 58.8 Å². The second-order valence-corrected chi connectivity index (χ2v) is 16.1. The molecular weight excluding hydrogens is 343 g/mol. The van der Waals surface area contributed by atoms with Crippen molar-refractivity contribution in [1.82, 2.24) is 0 Å². The quantitative estimate of drug-likeness (QED) is 0.492. The Morgan fingerprint density at radius 2 is 1.63 bits per heavy atom. The van der Waals surface area contributed by atoms with E-state index in [0.717, 1.165) is 19.6 Å². The first-order chi connectivity index (χ1) is 9.24. The van der Waals surface area contributed by atoms with Crippen LogP contribution in [0.4, 0.5) is 0 Å². The second-order valence-electron chi connectivity index (χ2n) is 6.41. The van der Waals surface area contributed by atoms with E-state index >= 15 is 0 Å². The van der Waals surface area contributed by atoms with Gasteiger partial charge in [0.1, 0.15) is 0 Å². The first-order valence-electron chi connectivity index (χ1n) is 8.17. The van der Waals surface area contributed by atoms with E-state index in [2.05, 4.69) is 26.0 Å². The minimum atomic E-state index is -2.67. The second kappa shape index (κ2) is 7.46. The van der Waals surface area contributed by atoms with Crippen molar-refractivity contribution in [2.75, 3.05) is 13.2 Å². The predicted molar refractivity (Wildman–Crippen MR) is 82.5 cm³/mol. The molecule has 3 heteroatoms. The molecule has 1 fully saturated rings. The molecule has 0 amide bonds. The molecule has 0 atom stereocenters. The van der Waals surface area contributed by atoms with E-state index in [1.165, 1.54) is 47.4 Å². The molecule has 0 radical (unpaired) electrons. The molecule has 0 aromatic heterocycles. The Bertz CT molecular complexity index is 283. The number of hydrogen-bond acceptors (Lipinski definition) is 2. The summed E-state index contributed by atoms with van der Waals surface area (Å²) >= 11 is -2.67. The van der Waals surface area contributed by atoms with Gasteiger partial charge >= 0.3 is 124 Å². The molecule has 0 aromatic carbocycles. The maximum absolute atomic E-state index is 6.52. The minimum absolute atomic E-state index is 0.327. The molecule has 110 valence electrons. The van der Waals surface area contributed by atoms with E-state index in [-0.39, 0.29) is 0 Å². The molecule has 0 aromatic rings. The van der Waals surface area contributed by atoms with Crippen LogP contribution in [0.2, 0.25) is 8.87 Å². The summed E-state index contributed by atoms with van der Waals surface area (Å²) in [6.45, 7) is 6.52. The van der Waals surface area contributed by atoms with Gasteiger partial charge in [-0.25, -0.2) is 0 Å². The van der Waals surface area contributed by atoms with Crippen LogP contribution in [0.3, 0.4) is 0 Å². The van der Waals surface area contributed by atoms with Crippen molar-refractivity contribution in [2.45, 2.75) is 67.7 Å². The predicted octanol–water partition coefficient (Wildman–Crippen LogP) is 4.80. The summed E-state index contributed by atoms with van der Waals surface area (Å²) in [7, 11) is 0. The van der Waals surface area contributed by atoms with Crippen LogP contribution in [0, 0.1) is 5.41 Å². The van der Waals surface area contributed by atoms with E-state index in [0.29, 0.717) is 5.41 Å². The van der Waals surface area contributed by atoms with E-state index in [9.17, 15) is 0 Å². The van der Waals surface area contributed by atoms with Crippen LogP contribution in [0.15, 0.2) is 12.2 Å². The fraction of sp³-hybridized carbons (Fsp3) is 0.875. The molecule has 2 aliphatic rings. The van der Waals surface area contributed by atoms with E-state index < -0.39 is 19.2 Å². The zero-order chi connectivity index (χ0) is 13.6. The first kappa shape index (κ1) is 15.8. The Labute approximate surface area is 123 Å². The van der Waals surface area contributed by atoms with E-state index in [4.69, 9.17) is 6.15 Å². The number of hydrogen-bond donors (Lipinski definition) is 0. The van der Waals surface area contributed by atoms with Crippen molar-refractivity contribution < 1.29 is 6.15 Å². The zero-order valence-electron chi connectivity index (χ0n) is 12.7. The summed E-state index contributed by atoms with van der Waals surface area (Å²) in [5.74, 6) is 0. The Hall–Kier alpha value is 0.459. The van der Waals surface area contributed by atoms with Gasteiger partial charge in [-0.1, -0.05) is 0 Å². The third-order valence-corrected chi connectivity index (χ3v) is 14.9. The monoisotopic (exact) mass is 374 g/mol. The molecule has 1 aliphatic heterocycles. The van der Waals surface area contributed by atoms with Crippen molar-refractivity contribution in [2.24, 2.45) is 5.41 Å². The third-order valence-electron chi connectivity index (χ3n) is 4.66. The summed E-state index contributed by atoms with van der Waals surface area (Å²) in [5, 5.41) is 0. The molecule has 0 N–H and O–H groups in total. The standard InChI is InChI=1S/C8H12O2.2C4H9.Sn/c9-6-8(7-10)4-2-1-3-5-8;2*1-3-4-2;/h1-2H,3-7H2;2*1,3-4H2,2H3;/q-2;;;+2. The van der Waals surface area contributed by atoms with Gasteiger partial charge in [0.25, 0.3) is 0 Å². The van der Waals surface area contributed by atoms with Crippen molar-refractivity contribution in [3.05, 3.63) is 12.2 Å². The molecule has 2 nitrogen and oxygen atoms in total. The molecule has 0 saturated carbocycles. The molecule has 0 bridgehead atoms. The van der Waals surface area contributed by atoms with Gasteiger partial charge in [-0.3, -0.25) is 0 Å². The molecular formula is C16H30O2Sn. The van der Waals surface area contributed by atoms with Crippen LogP contribution >= 0.6 is 0 Å². The Morgan fingerprint density at radius 3 is 2.11 bits per heavy atom. The summed E-state index contributed by atoms with van der Waals surface area (Å²) in [4.78, 5) is 0. The third kappa shape index (κ3) is 4.21. The van der Waals surface area contributed by atoms with Gasteiger partial charge in [-0.2, -0.15) is 0 Å². The topological polar surface area (TPSA) is 18.5 Å². The van der Waals surface area contributed by atoms with Gasteiger partial charge in [0.15, 0.2) is 0 Å². The molecule has 19 heavy (non-hydrogen) atoms. The van der Waals surface area contributed by atoms with Gasteiger partial charge < -0.3 is 0 Å². The van der Waals surface area contributed by atoms with Crippen LogP contribution in [-0.4, -0.2) is 32.4 Å². The first-order valence-corrected chi connectivity index (χ1v) is 14.5. The van der Waals surface area contributed by atoms with Crippen LogP contribution < -0.4 is 0 Å². The fourth-order valence-corrected chi connectivity index (χ4v) is 14.1. The maximum atomic E-state index is 6.52. The average Bonchev–Trinajstić information content (AvgIpc) is 2.47. The zero-order valence-corrected chi connectivity index (χ0v) is 15.6. The van der Waals surface area contributed by atoms with Gasteiger partial charge in [0.05, 0.1) is 0 Å². The van der Waals surface area contributed by atoms with Crippen LogP contribution in [0.5, 0.6) is 0 Å². The average molecular weight is 373 g/mol. The molecule has 1 spiro atoms. The van der Waals surface area contributed by atoms with E-state index in [1.807, 2.05) is 0 Å². The van der Waals surface area contributed by atoms with Crippen molar-refractivity contribution in [3.8, 4) is 0 Å². The van der Waals surface area contributed by atoms with E-state index in [1.54, 1.807) is 0 Å². The molecule has 1 aliphatic carbocycles. The number of allylic oxidation sites excluding steroid dienone is 2. The van der Waals surface area contributed by atoms with Crippen LogP contribution in [0.25, 0.3) is 0 Å². The van der Waals surface area contributed by atoms with Crippen LogP contribution in [-0.2, 0) is 6.15 Å². The molecule has 0 unspecified atom stereocenters.